The zero-order valence-electron chi connectivity index (χ0n) is 17.7. The van der Waals surface area contributed by atoms with Crippen molar-refractivity contribution in [2.75, 3.05) is 0 Å². The predicted molar refractivity (Wildman–Crippen MR) is 124 cm³/mol. The molecule has 0 amide bonds. The van der Waals surface area contributed by atoms with Gasteiger partial charge in [0, 0.05) is 11.1 Å². The molecule has 30 heavy (non-hydrogen) atoms. The monoisotopic (exact) mass is 389 g/mol. The van der Waals surface area contributed by atoms with Crippen LogP contribution in [-0.4, -0.2) is 9.97 Å². The highest BCUT2D eigenvalue weighted by atomic mass is 14.8. The van der Waals surface area contributed by atoms with Crippen LogP contribution in [0.5, 0.6) is 0 Å². The number of aromatic nitrogens is 2. The smallest absolute Gasteiger partial charge is 0.187 e. The van der Waals surface area contributed by atoms with E-state index in [0.29, 0.717) is 5.69 Å². The minimum absolute atomic E-state index is 0.598. The summed E-state index contributed by atoms with van der Waals surface area (Å²) < 4.78 is 0. The zero-order chi connectivity index (χ0) is 21.3. The van der Waals surface area contributed by atoms with E-state index >= 15 is 0 Å². The lowest BCUT2D eigenvalue weighted by Gasteiger charge is -2.13. The Hall–Kier alpha value is -3.77. The normalized spacial score (nSPS) is 10.6. The quantitative estimate of drug-likeness (QED) is 0.345. The van der Waals surface area contributed by atoms with Gasteiger partial charge in [0.2, 0.25) is 0 Å². The molecule has 3 nitrogen and oxygen atoms in total. The molecule has 0 spiro atoms. The molecular weight excluding hydrogens is 366 g/mol. The fourth-order valence-corrected chi connectivity index (χ4v) is 3.90. The van der Waals surface area contributed by atoms with Crippen molar-refractivity contribution in [3.05, 3.63) is 101 Å². The number of benzene rings is 3. The third-order valence-corrected chi connectivity index (χ3v) is 5.03. The van der Waals surface area contributed by atoms with Gasteiger partial charge in [0.15, 0.2) is 5.69 Å². The molecule has 146 valence electrons. The third-order valence-electron chi connectivity index (χ3n) is 5.03. The van der Waals surface area contributed by atoms with Crippen LogP contribution in [0.4, 0.5) is 5.69 Å². The second kappa shape index (κ2) is 7.93. The predicted octanol–water partition coefficient (Wildman–Crippen LogP) is 7.26. The van der Waals surface area contributed by atoms with Gasteiger partial charge < -0.3 is 0 Å². The summed E-state index contributed by atoms with van der Waals surface area (Å²) in [6, 6.07) is 20.5. The van der Waals surface area contributed by atoms with E-state index in [4.69, 9.17) is 16.5 Å². The Bertz CT molecular complexity index is 1260. The van der Waals surface area contributed by atoms with E-state index in [1.165, 1.54) is 22.3 Å². The highest BCUT2D eigenvalue weighted by Crippen LogP contribution is 2.33. The highest BCUT2D eigenvalue weighted by molar-refractivity contribution is 5.81. The van der Waals surface area contributed by atoms with Crippen LogP contribution in [0.25, 0.3) is 38.6 Å². The van der Waals surface area contributed by atoms with E-state index < -0.39 is 0 Å². The van der Waals surface area contributed by atoms with Crippen LogP contribution in [0, 0.1) is 34.3 Å². The summed E-state index contributed by atoms with van der Waals surface area (Å²) in [6.45, 7) is 15.7. The van der Waals surface area contributed by atoms with Gasteiger partial charge in [-0.15, -0.1) is 0 Å². The zero-order valence-corrected chi connectivity index (χ0v) is 17.7. The molecule has 4 rings (SSSR count). The lowest BCUT2D eigenvalue weighted by Crippen LogP contribution is -1.97. The van der Waals surface area contributed by atoms with Crippen molar-refractivity contribution < 1.29 is 0 Å². The van der Waals surface area contributed by atoms with Crippen molar-refractivity contribution in [1.29, 1.82) is 0 Å². The average Bonchev–Trinajstić information content (AvgIpc) is 2.72. The second-order valence-corrected chi connectivity index (χ2v) is 7.87. The van der Waals surface area contributed by atoms with Crippen molar-refractivity contribution in [3.8, 4) is 33.8 Å². The molecule has 1 aromatic heterocycles. The van der Waals surface area contributed by atoms with E-state index in [1.807, 2.05) is 24.4 Å². The summed E-state index contributed by atoms with van der Waals surface area (Å²) in [5, 5.41) is 0. The van der Waals surface area contributed by atoms with Crippen LogP contribution >= 0.6 is 0 Å². The molecule has 4 aromatic rings. The third kappa shape index (κ3) is 3.99. The summed E-state index contributed by atoms with van der Waals surface area (Å²) >= 11 is 0. The van der Waals surface area contributed by atoms with Gasteiger partial charge in [-0.25, -0.2) is 9.83 Å². The van der Waals surface area contributed by atoms with Crippen molar-refractivity contribution in [2.45, 2.75) is 27.7 Å². The Labute approximate surface area is 177 Å². The molecule has 0 saturated heterocycles. The van der Waals surface area contributed by atoms with Gasteiger partial charge in [0.1, 0.15) is 0 Å². The minimum Gasteiger partial charge on any atom is -0.252 e. The van der Waals surface area contributed by atoms with E-state index in [0.717, 1.165) is 33.8 Å². The van der Waals surface area contributed by atoms with Gasteiger partial charge in [-0.1, -0.05) is 52.6 Å². The Kier molecular flexibility index (Phi) is 5.16. The first-order chi connectivity index (χ1) is 14.4. The van der Waals surface area contributed by atoms with Crippen LogP contribution in [0.15, 0.2) is 66.9 Å². The van der Waals surface area contributed by atoms with Gasteiger partial charge >= 0.3 is 0 Å². The van der Waals surface area contributed by atoms with E-state index in [9.17, 15) is 0 Å². The Morgan fingerprint density at radius 3 is 1.80 bits per heavy atom. The van der Waals surface area contributed by atoms with Crippen molar-refractivity contribution in [1.82, 2.24) is 9.97 Å². The average molecular weight is 390 g/mol. The van der Waals surface area contributed by atoms with Gasteiger partial charge in [0.25, 0.3) is 0 Å². The van der Waals surface area contributed by atoms with Gasteiger partial charge in [-0.3, -0.25) is 4.98 Å². The summed E-state index contributed by atoms with van der Waals surface area (Å²) in [5.74, 6) is 0. The molecule has 0 bridgehead atoms. The first-order valence-electron chi connectivity index (χ1n) is 9.95. The molecule has 0 fully saturated rings. The van der Waals surface area contributed by atoms with Gasteiger partial charge in [-0.2, -0.15) is 0 Å². The number of rotatable bonds is 3. The van der Waals surface area contributed by atoms with Gasteiger partial charge in [0.05, 0.1) is 29.9 Å². The second-order valence-electron chi connectivity index (χ2n) is 7.87. The minimum atomic E-state index is 0.598. The lowest BCUT2D eigenvalue weighted by atomic mass is 9.98. The molecule has 3 heteroatoms. The maximum absolute atomic E-state index is 7.30. The molecule has 0 N–H and O–H groups in total. The molecule has 3 aromatic carbocycles. The van der Waals surface area contributed by atoms with Crippen LogP contribution in [0.2, 0.25) is 0 Å². The standard InChI is InChI=1S/C27H23N3/c1-17-9-18(2)12-22(11-17)26-27(23-13-19(3)10-20(4)14-23)30-25(16-29-26)21-7-6-8-24(15-21)28-5/h6-16H,1-4H3. The molecule has 0 unspecified atom stereocenters. The number of hydrogen-bond donors (Lipinski definition) is 0. The summed E-state index contributed by atoms with van der Waals surface area (Å²) in [4.78, 5) is 13.4. The number of hydrogen-bond acceptors (Lipinski definition) is 2. The maximum atomic E-state index is 7.30. The fraction of sp³-hybridized carbons (Fsp3) is 0.148. The van der Waals surface area contributed by atoms with E-state index in [1.54, 1.807) is 6.07 Å². The summed E-state index contributed by atoms with van der Waals surface area (Å²) in [5.41, 5.74) is 10.9. The summed E-state index contributed by atoms with van der Waals surface area (Å²) in [6.07, 6.45) is 1.81. The molecule has 0 aliphatic rings. The van der Waals surface area contributed by atoms with Crippen molar-refractivity contribution in [3.63, 3.8) is 0 Å². The lowest BCUT2D eigenvalue weighted by molar-refractivity contribution is 1.20. The first-order valence-corrected chi connectivity index (χ1v) is 9.95. The first kappa shape index (κ1) is 19.5. The van der Waals surface area contributed by atoms with E-state index in [2.05, 4.69) is 68.9 Å². The Morgan fingerprint density at radius 2 is 1.23 bits per heavy atom. The molecule has 1 heterocycles. The number of nitrogens with zero attached hydrogens (tertiary/aromatic N) is 3. The number of aryl methyl sites for hydroxylation is 4. The van der Waals surface area contributed by atoms with Crippen molar-refractivity contribution in [2.24, 2.45) is 0 Å². The fourth-order valence-electron chi connectivity index (χ4n) is 3.90. The van der Waals surface area contributed by atoms with Crippen LogP contribution in [-0.2, 0) is 0 Å². The Balaban J connectivity index is 1.97. The molecular formula is C27H23N3. The molecule has 0 saturated carbocycles. The largest absolute Gasteiger partial charge is 0.252 e. The van der Waals surface area contributed by atoms with Crippen LogP contribution in [0.3, 0.4) is 0 Å². The molecule has 0 radical (unpaired) electrons. The highest BCUT2D eigenvalue weighted by Gasteiger charge is 2.15. The summed E-state index contributed by atoms with van der Waals surface area (Å²) in [7, 11) is 0. The maximum Gasteiger partial charge on any atom is 0.187 e. The molecule has 0 aliphatic carbocycles. The molecule has 0 aliphatic heterocycles. The van der Waals surface area contributed by atoms with Crippen LogP contribution < -0.4 is 0 Å². The van der Waals surface area contributed by atoms with Crippen molar-refractivity contribution >= 4 is 5.69 Å². The molecule has 0 atom stereocenters. The SMILES string of the molecule is [C-]#[N+]c1cccc(-c2cnc(-c3cc(C)cc(C)c3)c(-c3cc(C)cc(C)c3)n2)c1. The van der Waals surface area contributed by atoms with Gasteiger partial charge in [-0.05, 0) is 63.6 Å². The van der Waals surface area contributed by atoms with E-state index in [-0.39, 0.29) is 0 Å². The van der Waals surface area contributed by atoms with Crippen LogP contribution in [0.1, 0.15) is 22.3 Å². The Morgan fingerprint density at radius 1 is 0.667 bits per heavy atom. The topological polar surface area (TPSA) is 30.1 Å².